The summed E-state index contributed by atoms with van der Waals surface area (Å²) in [5.41, 5.74) is 3.18. The average Bonchev–Trinajstić information content (AvgIpc) is 3.17. The topological polar surface area (TPSA) is 52.8 Å². The Kier molecular flexibility index (Phi) is 6.12. The quantitative estimate of drug-likeness (QED) is 0.292. The summed E-state index contributed by atoms with van der Waals surface area (Å²) in [6, 6.07) is 19.7. The van der Waals surface area contributed by atoms with Gasteiger partial charge in [-0.3, -0.25) is 9.55 Å². The molecule has 0 radical (unpaired) electrons. The molecule has 0 atom stereocenters. The Bertz CT molecular complexity index is 1080. The van der Waals surface area contributed by atoms with Crippen LogP contribution in [0, 0.1) is 6.92 Å². The minimum Gasteiger partial charge on any atom is -0.491 e. The van der Waals surface area contributed by atoms with Crippen LogP contribution < -0.4 is 4.74 Å². The number of nitrogens with zero attached hydrogens (tertiary/aromatic N) is 4. The van der Waals surface area contributed by atoms with Crippen LogP contribution >= 0.6 is 23.4 Å². The van der Waals surface area contributed by atoms with Crippen molar-refractivity contribution in [3.8, 4) is 22.8 Å². The number of pyridine rings is 1. The van der Waals surface area contributed by atoms with E-state index in [9.17, 15) is 0 Å². The zero-order valence-electron chi connectivity index (χ0n) is 15.8. The number of hydrogen-bond donors (Lipinski definition) is 0. The Morgan fingerprint density at radius 1 is 0.966 bits per heavy atom. The molecule has 0 spiro atoms. The Hall–Kier alpha value is -2.83. The first-order valence-corrected chi connectivity index (χ1v) is 10.5. The minimum atomic E-state index is 0.514. The van der Waals surface area contributed by atoms with E-state index in [1.54, 1.807) is 24.2 Å². The van der Waals surface area contributed by atoms with E-state index in [1.807, 2.05) is 36.4 Å². The van der Waals surface area contributed by atoms with Crippen LogP contribution in [0.5, 0.6) is 5.75 Å². The summed E-state index contributed by atoms with van der Waals surface area (Å²) in [5.74, 6) is 2.18. The first-order chi connectivity index (χ1) is 14.2. The molecule has 2 aromatic heterocycles. The Morgan fingerprint density at radius 2 is 1.72 bits per heavy atom. The minimum absolute atomic E-state index is 0.514. The highest BCUT2D eigenvalue weighted by molar-refractivity contribution is 7.99. The van der Waals surface area contributed by atoms with E-state index in [4.69, 9.17) is 16.3 Å². The zero-order chi connectivity index (χ0) is 20.1. The van der Waals surface area contributed by atoms with Crippen molar-refractivity contribution in [3.05, 3.63) is 83.6 Å². The summed E-state index contributed by atoms with van der Waals surface area (Å²) in [4.78, 5) is 4.10. The number of benzene rings is 2. The molecular weight excluding hydrogens is 404 g/mol. The van der Waals surface area contributed by atoms with Crippen LogP contribution in [0.3, 0.4) is 0 Å². The first kappa shape index (κ1) is 19.5. The van der Waals surface area contributed by atoms with Crippen LogP contribution in [0.15, 0.2) is 78.2 Å². The van der Waals surface area contributed by atoms with Gasteiger partial charge in [0.15, 0.2) is 11.0 Å². The zero-order valence-corrected chi connectivity index (χ0v) is 17.4. The average molecular weight is 423 g/mol. The van der Waals surface area contributed by atoms with Crippen molar-refractivity contribution in [2.24, 2.45) is 0 Å². The highest BCUT2D eigenvalue weighted by Gasteiger charge is 2.16. The maximum Gasteiger partial charge on any atom is 0.196 e. The molecule has 4 rings (SSSR count). The van der Waals surface area contributed by atoms with Crippen LogP contribution in [0.1, 0.15) is 5.56 Å². The fourth-order valence-corrected chi connectivity index (χ4v) is 3.78. The van der Waals surface area contributed by atoms with Crippen LogP contribution in [-0.4, -0.2) is 32.1 Å². The number of ether oxygens (including phenoxy) is 1. The summed E-state index contributed by atoms with van der Waals surface area (Å²) >= 11 is 7.74. The van der Waals surface area contributed by atoms with Crippen LogP contribution in [0.25, 0.3) is 17.1 Å². The van der Waals surface area contributed by atoms with Gasteiger partial charge in [0.05, 0.1) is 11.6 Å². The Labute approximate surface area is 178 Å². The number of rotatable bonds is 7. The van der Waals surface area contributed by atoms with Crippen molar-refractivity contribution in [2.45, 2.75) is 12.1 Å². The molecule has 0 aliphatic carbocycles. The second-order valence-electron chi connectivity index (χ2n) is 6.34. The molecule has 0 bridgehead atoms. The third-order valence-electron chi connectivity index (χ3n) is 4.27. The van der Waals surface area contributed by atoms with Crippen molar-refractivity contribution in [3.63, 3.8) is 0 Å². The predicted molar refractivity (Wildman–Crippen MR) is 117 cm³/mol. The van der Waals surface area contributed by atoms with Gasteiger partial charge in [-0.25, -0.2) is 0 Å². The summed E-state index contributed by atoms with van der Waals surface area (Å²) in [7, 11) is 0. The fraction of sp³-hybridized carbons (Fsp3) is 0.136. The van der Waals surface area contributed by atoms with E-state index in [2.05, 4.69) is 50.9 Å². The van der Waals surface area contributed by atoms with Gasteiger partial charge in [0.1, 0.15) is 5.75 Å². The molecule has 0 unspecified atom stereocenters. The monoisotopic (exact) mass is 422 g/mol. The highest BCUT2D eigenvalue weighted by Crippen LogP contribution is 2.28. The normalized spacial score (nSPS) is 10.8. The number of para-hydroxylation sites is 1. The molecule has 2 heterocycles. The van der Waals surface area contributed by atoms with Gasteiger partial charge < -0.3 is 4.74 Å². The molecule has 0 aliphatic rings. The van der Waals surface area contributed by atoms with E-state index in [-0.39, 0.29) is 0 Å². The van der Waals surface area contributed by atoms with E-state index in [1.165, 1.54) is 5.56 Å². The highest BCUT2D eigenvalue weighted by atomic mass is 35.5. The third-order valence-corrected chi connectivity index (χ3v) is 5.48. The molecule has 146 valence electrons. The first-order valence-electron chi connectivity index (χ1n) is 9.15. The molecule has 29 heavy (non-hydrogen) atoms. The number of halogens is 1. The van der Waals surface area contributed by atoms with Gasteiger partial charge in [0.25, 0.3) is 0 Å². The van der Waals surface area contributed by atoms with Gasteiger partial charge in [-0.2, -0.15) is 0 Å². The summed E-state index contributed by atoms with van der Waals surface area (Å²) in [6.07, 6.45) is 3.52. The summed E-state index contributed by atoms with van der Waals surface area (Å²) in [6.45, 7) is 2.58. The molecule has 4 aromatic rings. The van der Waals surface area contributed by atoms with Crippen molar-refractivity contribution in [2.75, 3.05) is 12.4 Å². The summed E-state index contributed by atoms with van der Waals surface area (Å²) < 4.78 is 7.86. The van der Waals surface area contributed by atoms with Crippen molar-refractivity contribution in [1.29, 1.82) is 0 Å². The number of hydrogen-bond acceptors (Lipinski definition) is 5. The molecular formula is C22H19ClN4OS. The number of thioether (sulfide) groups is 1. The second kappa shape index (κ2) is 9.11. The van der Waals surface area contributed by atoms with Crippen molar-refractivity contribution in [1.82, 2.24) is 19.7 Å². The Balaban J connectivity index is 1.56. The molecule has 0 saturated carbocycles. The van der Waals surface area contributed by atoms with E-state index in [0.717, 1.165) is 22.2 Å². The van der Waals surface area contributed by atoms with Crippen LogP contribution in [-0.2, 0) is 0 Å². The lowest BCUT2D eigenvalue weighted by Crippen LogP contribution is -2.04. The number of aryl methyl sites for hydroxylation is 1. The molecule has 0 N–H and O–H groups in total. The molecule has 0 amide bonds. The van der Waals surface area contributed by atoms with Crippen molar-refractivity contribution >= 4 is 23.4 Å². The molecule has 0 fully saturated rings. The van der Waals surface area contributed by atoms with Gasteiger partial charge >= 0.3 is 0 Å². The molecule has 7 heteroatoms. The SMILES string of the molecule is Cc1ccc(-n2c(SCCOc3ccccc3Cl)nnc2-c2ccncc2)cc1. The van der Waals surface area contributed by atoms with Gasteiger partial charge in [-0.15, -0.1) is 10.2 Å². The van der Waals surface area contributed by atoms with Gasteiger partial charge in [0, 0.05) is 29.4 Å². The number of aromatic nitrogens is 4. The standard InChI is InChI=1S/C22H19ClN4OS/c1-16-6-8-18(9-7-16)27-21(17-10-12-24-13-11-17)25-26-22(27)29-15-14-28-20-5-3-2-4-19(20)23/h2-13H,14-15H2,1H3. The Morgan fingerprint density at radius 3 is 2.48 bits per heavy atom. The smallest absolute Gasteiger partial charge is 0.196 e. The predicted octanol–water partition coefficient (Wildman–Crippen LogP) is 5.46. The maximum absolute atomic E-state index is 6.15. The van der Waals surface area contributed by atoms with Gasteiger partial charge in [-0.05, 0) is 43.3 Å². The largest absolute Gasteiger partial charge is 0.491 e. The van der Waals surface area contributed by atoms with E-state index >= 15 is 0 Å². The molecule has 2 aromatic carbocycles. The second-order valence-corrected chi connectivity index (χ2v) is 7.81. The summed E-state index contributed by atoms with van der Waals surface area (Å²) in [5, 5.41) is 10.3. The van der Waals surface area contributed by atoms with Gasteiger partial charge in [-0.1, -0.05) is 53.2 Å². The van der Waals surface area contributed by atoms with Crippen LogP contribution in [0.4, 0.5) is 0 Å². The lowest BCUT2D eigenvalue weighted by molar-refractivity contribution is 0.344. The van der Waals surface area contributed by atoms with Crippen LogP contribution in [0.2, 0.25) is 5.02 Å². The maximum atomic E-state index is 6.15. The van der Waals surface area contributed by atoms with E-state index in [0.29, 0.717) is 23.1 Å². The lowest BCUT2D eigenvalue weighted by atomic mass is 10.2. The lowest BCUT2D eigenvalue weighted by Gasteiger charge is -2.11. The van der Waals surface area contributed by atoms with E-state index < -0.39 is 0 Å². The molecule has 0 aliphatic heterocycles. The van der Waals surface area contributed by atoms with Gasteiger partial charge in [0.2, 0.25) is 0 Å². The molecule has 0 saturated heterocycles. The molecule has 5 nitrogen and oxygen atoms in total. The third kappa shape index (κ3) is 4.60. The van der Waals surface area contributed by atoms with Crippen molar-refractivity contribution < 1.29 is 4.74 Å². The fourth-order valence-electron chi connectivity index (χ4n) is 2.82.